The van der Waals surface area contributed by atoms with Crippen molar-refractivity contribution in [3.63, 3.8) is 0 Å². The van der Waals surface area contributed by atoms with Gasteiger partial charge in [0.25, 0.3) is 6.43 Å². The Morgan fingerprint density at radius 1 is 1.31 bits per heavy atom. The van der Waals surface area contributed by atoms with Gasteiger partial charge in [-0.25, -0.2) is 8.78 Å². The van der Waals surface area contributed by atoms with Gasteiger partial charge in [0.05, 0.1) is 12.0 Å². The minimum absolute atomic E-state index is 0.245. The van der Waals surface area contributed by atoms with Gasteiger partial charge in [0.2, 0.25) is 0 Å². The van der Waals surface area contributed by atoms with Gasteiger partial charge in [-0.2, -0.15) is 0 Å². The van der Waals surface area contributed by atoms with E-state index in [0.29, 0.717) is 0 Å². The Bertz CT molecular complexity index is 264. The van der Waals surface area contributed by atoms with Crippen molar-refractivity contribution >= 4 is 5.97 Å². The van der Waals surface area contributed by atoms with Gasteiger partial charge in [-0.3, -0.25) is 4.79 Å². The first-order chi connectivity index (χ1) is 7.59. The van der Waals surface area contributed by atoms with Crippen molar-refractivity contribution < 1.29 is 23.4 Å². The molecule has 1 heterocycles. The fourth-order valence-corrected chi connectivity index (χ4v) is 2.85. The van der Waals surface area contributed by atoms with Crippen molar-refractivity contribution in [1.29, 1.82) is 0 Å². The number of hydrogen-bond acceptors (Lipinski definition) is 2. The summed E-state index contributed by atoms with van der Waals surface area (Å²) in [7, 11) is 0. The normalized spacial score (nSPS) is 36.1. The van der Waals surface area contributed by atoms with Gasteiger partial charge in [-0.05, 0) is 25.2 Å². The Morgan fingerprint density at radius 2 is 1.94 bits per heavy atom. The standard InChI is InChI=1S/C11H16F2O3/c12-10(13)9-7(11(14)15)5-8(16-9)6-3-1-2-4-6/h6-10H,1-5H2,(H,14,15). The summed E-state index contributed by atoms with van der Waals surface area (Å²) in [5, 5.41) is 8.88. The zero-order valence-corrected chi connectivity index (χ0v) is 8.94. The van der Waals surface area contributed by atoms with Crippen LogP contribution in [0.1, 0.15) is 32.1 Å². The van der Waals surface area contributed by atoms with Crippen molar-refractivity contribution in [3.8, 4) is 0 Å². The lowest BCUT2D eigenvalue weighted by Gasteiger charge is -2.18. The minimum Gasteiger partial charge on any atom is -0.481 e. The maximum Gasteiger partial charge on any atom is 0.309 e. The second-order valence-corrected chi connectivity index (χ2v) is 4.70. The van der Waals surface area contributed by atoms with Crippen LogP contribution in [0.4, 0.5) is 8.78 Å². The van der Waals surface area contributed by atoms with Crippen molar-refractivity contribution in [2.24, 2.45) is 11.8 Å². The van der Waals surface area contributed by atoms with Gasteiger partial charge in [0.15, 0.2) is 0 Å². The molecule has 3 unspecified atom stereocenters. The Labute approximate surface area is 92.8 Å². The van der Waals surface area contributed by atoms with Crippen LogP contribution in [0.3, 0.4) is 0 Å². The molecular weight excluding hydrogens is 218 g/mol. The number of halogens is 2. The number of carboxylic acid groups (broad SMARTS) is 1. The molecule has 0 amide bonds. The zero-order chi connectivity index (χ0) is 11.7. The van der Waals surface area contributed by atoms with Crippen LogP contribution in [-0.4, -0.2) is 29.7 Å². The lowest BCUT2D eigenvalue weighted by molar-refractivity contribution is -0.148. The van der Waals surface area contributed by atoms with Crippen LogP contribution in [0.2, 0.25) is 0 Å². The largest absolute Gasteiger partial charge is 0.481 e. The maximum absolute atomic E-state index is 12.6. The molecule has 0 aromatic carbocycles. The zero-order valence-electron chi connectivity index (χ0n) is 8.94. The second-order valence-electron chi connectivity index (χ2n) is 4.70. The molecule has 1 aliphatic heterocycles. The van der Waals surface area contributed by atoms with E-state index >= 15 is 0 Å². The number of hydrogen-bond donors (Lipinski definition) is 1. The monoisotopic (exact) mass is 234 g/mol. The Morgan fingerprint density at radius 3 is 2.38 bits per heavy atom. The van der Waals surface area contributed by atoms with E-state index < -0.39 is 24.4 Å². The average Bonchev–Trinajstić information content (AvgIpc) is 2.86. The molecule has 3 atom stereocenters. The summed E-state index contributed by atoms with van der Waals surface area (Å²) in [5.74, 6) is -1.91. The fraction of sp³-hybridized carbons (Fsp3) is 0.909. The molecule has 2 aliphatic rings. The molecule has 16 heavy (non-hydrogen) atoms. The summed E-state index contributed by atoms with van der Waals surface area (Å²) in [6, 6.07) is 0. The van der Waals surface area contributed by atoms with Crippen LogP contribution in [0.5, 0.6) is 0 Å². The second kappa shape index (κ2) is 4.65. The van der Waals surface area contributed by atoms with Crippen molar-refractivity contribution in [3.05, 3.63) is 0 Å². The fourth-order valence-electron chi connectivity index (χ4n) is 2.85. The third-order valence-electron chi connectivity index (χ3n) is 3.71. The topological polar surface area (TPSA) is 46.5 Å². The molecule has 0 aromatic heterocycles. The van der Waals surface area contributed by atoms with Crippen LogP contribution in [0.25, 0.3) is 0 Å². The quantitative estimate of drug-likeness (QED) is 0.815. The minimum atomic E-state index is -2.70. The van der Waals surface area contributed by atoms with Gasteiger partial charge >= 0.3 is 5.97 Å². The molecule has 1 aliphatic carbocycles. The van der Waals surface area contributed by atoms with E-state index in [1.165, 1.54) is 0 Å². The lowest BCUT2D eigenvalue weighted by atomic mass is 9.92. The van der Waals surface area contributed by atoms with Crippen LogP contribution >= 0.6 is 0 Å². The van der Waals surface area contributed by atoms with Crippen molar-refractivity contribution in [2.75, 3.05) is 0 Å². The highest BCUT2D eigenvalue weighted by Gasteiger charge is 2.47. The van der Waals surface area contributed by atoms with E-state index in [0.717, 1.165) is 25.7 Å². The van der Waals surface area contributed by atoms with E-state index in [4.69, 9.17) is 9.84 Å². The summed E-state index contributed by atoms with van der Waals surface area (Å²) in [5.41, 5.74) is 0. The number of rotatable bonds is 3. The highest BCUT2D eigenvalue weighted by Crippen LogP contribution is 2.39. The summed E-state index contributed by atoms with van der Waals surface area (Å²) >= 11 is 0. The maximum atomic E-state index is 12.6. The third-order valence-corrected chi connectivity index (χ3v) is 3.71. The molecular formula is C11H16F2O3. The highest BCUT2D eigenvalue weighted by atomic mass is 19.3. The van der Waals surface area contributed by atoms with Gasteiger partial charge in [0, 0.05) is 0 Å². The first-order valence-electron chi connectivity index (χ1n) is 5.76. The number of alkyl halides is 2. The van der Waals surface area contributed by atoms with Gasteiger partial charge in [0.1, 0.15) is 6.10 Å². The Kier molecular flexibility index (Phi) is 3.42. The molecule has 0 radical (unpaired) electrons. The summed E-state index contributed by atoms with van der Waals surface area (Å²) in [6.07, 6.45) is 0.0104. The third kappa shape index (κ3) is 2.19. The van der Waals surface area contributed by atoms with Gasteiger partial charge < -0.3 is 9.84 Å². The molecule has 2 rings (SSSR count). The Balaban J connectivity index is 2.02. The molecule has 0 bridgehead atoms. The van der Waals surface area contributed by atoms with E-state index in [1.807, 2.05) is 0 Å². The summed E-state index contributed by atoms with van der Waals surface area (Å²) in [4.78, 5) is 10.9. The predicted molar refractivity (Wildman–Crippen MR) is 52.4 cm³/mol. The van der Waals surface area contributed by atoms with Crippen LogP contribution in [0, 0.1) is 11.8 Å². The smallest absolute Gasteiger partial charge is 0.309 e. The number of aliphatic carboxylic acids is 1. The van der Waals surface area contributed by atoms with Crippen molar-refractivity contribution in [2.45, 2.75) is 50.7 Å². The molecule has 0 spiro atoms. The molecule has 92 valence electrons. The molecule has 3 nitrogen and oxygen atoms in total. The van der Waals surface area contributed by atoms with Crippen molar-refractivity contribution in [1.82, 2.24) is 0 Å². The van der Waals surface area contributed by atoms with Crippen LogP contribution in [-0.2, 0) is 9.53 Å². The van der Waals surface area contributed by atoms with E-state index in [1.54, 1.807) is 0 Å². The van der Waals surface area contributed by atoms with E-state index in [-0.39, 0.29) is 18.4 Å². The summed E-state index contributed by atoms with van der Waals surface area (Å²) in [6.45, 7) is 0. The number of carbonyl (C=O) groups is 1. The lowest BCUT2D eigenvalue weighted by Crippen LogP contribution is -2.30. The SMILES string of the molecule is O=C(O)C1CC(C2CCCC2)OC1C(F)F. The van der Waals surface area contributed by atoms with Gasteiger partial charge in [-0.15, -0.1) is 0 Å². The average molecular weight is 234 g/mol. The molecule has 1 N–H and O–H groups in total. The number of carboxylic acids is 1. The highest BCUT2D eigenvalue weighted by molar-refractivity contribution is 5.71. The first kappa shape index (κ1) is 11.8. The predicted octanol–water partition coefficient (Wildman–Crippen LogP) is 2.30. The first-order valence-corrected chi connectivity index (χ1v) is 5.76. The van der Waals surface area contributed by atoms with E-state index in [9.17, 15) is 13.6 Å². The van der Waals surface area contributed by atoms with Crippen LogP contribution in [0.15, 0.2) is 0 Å². The molecule has 5 heteroatoms. The molecule has 0 aromatic rings. The summed E-state index contributed by atoms with van der Waals surface area (Å²) < 4.78 is 30.5. The van der Waals surface area contributed by atoms with E-state index in [2.05, 4.69) is 0 Å². The molecule has 2 fully saturated rings. The molecule has 1 saturated heterocycles. The Hall–Kier alpha value is -0.710. The van der Waals surface area contributed by atoms with Crippen LogP contribution < -0.4 is 0 Å². The van der Waals surface area contributed by atoms with Gasteiger partial charge in [-0.1, -0.05) is 12.8 Å². The molecule has 1 saturated carbocycles. The number of ether oxygens (including phenoxy) is 1.